The number of nitrogens with zero attached hydrogens (tertiary/aromatic N) is 4. The molecular weight excluding hydrogens is 550 g/mol. The summed E-state index contributed by atoms with van der Waals surface area (Å²) in [6.45, 7) is 3.20. The number of halogens is 3. The van der Waals surface area contributed by atoms with Crippen LogP contribution in [-0.2, 0) is 9.73 Å². The fraction of sp³-hybridized carbons (Fsp3) is 0.269. The van der Waals surface area contributed by atoms with Crippen LogP contribution >= 0.6 is 23.2 Å². The van der Waals surface area contributed by atoms with Crippen molar-refractivity contribution in [2.75, 3.05) is 37.4 Å². The van der Waals surface area contributed by atoms with Crippen LogP contribution in [0.1, 0.15) is 29.7 Å². The second kappa shape index (κ2) is 11.8. The molecule has 1 aromatic carbocycles. The number of rotatable bonds is 7. The zero-order chi connectivity index (χ0) is 27.4. The molecule has 0 bridgehead atoms. The van der Waals surface area contributed by atoms with Crippen molar-refractivity contribution in [1.29, 1.82) is 5.41 Å². The number of hydrogen-bond acceptors (Lipinski definition) is 8. The molecule has 1 aliphatic heterocycles. The number of hydrogen-bond donors (Lipinski definition) is 2. The molecule has 0 aliphatic carbocycles. The van der Waals surface area contributed by atoms with Crippen LogP contribution in [0.15, 0.2) is 59.1 Å². The molecule has 1 saturated heterocycles. The van der Waals surface area contributed by atoms with Crippen LogP contribution in [0.5, 0.6) is 5.75 Å². The Labute approximate surface area is 231 Å². The van der Waals surface area contributed by atoms with Crippen LogP contribution < -0.4 is 10.5 Å². The molecular formula is C26H27Cl2FN6O2S. The summed E-state index contributed by atoms with van der Waals surface area (Å²) < 4.78 is 38.3. The van der Waals surface area contributed by atoms with Crippen LogP contribution in [0.2, 0.25) is 10.0 Å². The van der Waals surface area contributed by atoms with Crippen molar-refractivity contribution < 1.29 is 13.3 Å². The maximum atomic E-state index is 15.1. The van der Waals surface area contributed by atoms with Gasteiger partial charge in [-0.15, -0.1) is 0 Å². The summed E-state index contributed by atoms with van der Waals surface area (Å²) in [5.41, 5.74) is 6.99. The number of nitrogens with two attached hydrogens (primary N) is 1. The number of allylic oxidation sites excluding steroid dienone is 1. The van der Waals surface area contributed by atoms with Gasteiger partial charge in [-0.05, 0) is 55.9 Å². The van der Waals surface area contributed by atoms with Crippen molar-refractivity contribution in [3.05, 3.63) is 81.5 Å². The summed E-state index contributed by atoms with van der Waals surface area (Å²) in [4.78, 5) is 10.3. The first-order chi connectivity index (χ1) is 18.0. The Hall–Kier alpha value is -3.05. The van der Waals surface area contributed by atoms with Gasteiger partial charge in [0.1, 0.15) is 17.7 Å². The topological polar surface area (TPSA) is 118 Å². The van der Waals surface area contributed by atoms with Crippen LogP contribution in [0.4, 0.5) is 15.9 Å². The Morgan fingerprint density at radius 3 is 2.53 bits per heavy atom. The summed E-state index contributed by atoms with van der Waals surface area (Å²) in [5, 5.41) is 9.09. The second-order valence-corrected chi connectivity index (χ2v) is 12.3. The minimum absolute atomic E-state index is 0.161. The minimum atomic E-state index is -2.35. The van der Waals surface area contributed by atoms with E-state index in [2.05, 4.69) is 19.2 Å². The van der Waals surface area contributed by atoms with E-state index in [-0.39, 0.29) is 11.3 Å². The lowest BCUT2D eigenvalue weighted by Crippen LogP contribution is -2.37. The molecule has 1 unspecified atom stereocenters. The molecule has 8 nitrogen and oxygen atoms in total. The average Bonchev–Trinajstić information content (AvgIpc) is 2.88. The summed E-state index contributed by atoms with van der Waals surface area (Å²) in [6.07, 6.45) is 5.01. The zero-order valence-electron chi connectivity index (χ0n) is 20.8. The van der Waals surface area contributed by atoms with Gasteiger partial charge in [0.25, 0.3) is 0 Å². The first-order valence-corrected chi connectivity index (χ1v) is 14.3. The van der Waals surface area contributed by atoms with E-state index < -0.39 is 27.4 Å². The Morgan fingerprint density at radius 2 is 1.89 bits per heavy atom. The largest absolute Gasteiger partial charge is 0.486 e. The molecule has 1 atom stereocenters. The Bertz CT molecular complexity index is 1470. The van der Waals surface area contributed by atoms with Gasteiger partial charge in [0, 0.05) is 60.0 Å². The molecule has 0 spiro atoms. The summed E-state index contributed by atoms with van der Waals surface area (Å²) in [7, 11) is -0.365. The Morgan fingerprint density at radius 1 is 1.21 bits per heavy atom. The minimum Gasteiger partial charge on any atom is -0.486 e. The standard InChI is InChI=1S/C26H27Cl2FN6O2S/c1-16(25-20(27)14-32-15-21(25)28)37-18-4-5-23(30)19(12-18)26(31)22(29)11-17-3-6-24(33-13-17)34-38(36)9-7-35(2)8-10-38/h3-6,11-16,31H,7-10,30H2,1-2H3/b22-11-,31-26?. The Kier molecular flexibility index (Phi) is 8.67. The summed E-state index contributed by atoms with van der Waals surface area (Å²) in [6, 6.07) is 7.85. The first kappa shape index (κ1) is 28.0. The number of nitrogen functional groups attached to an aromatic ring is 1. The van der Waals surface area contributed by atoms with E-state index in [1.54, 1.807) is 25.1 Å². The molecule has 4 rings (SSSR count). The highest BCUT2D eigenvalue weighted by Crippen LogP contribution is 2.33. The third-order valence-corrected chi connectivity index (χ3v) is 8.81. The van der Waals surface area contributed by atoms with E-state index in [0.717, 1.165) is 13.1 Å². The fourth-order valence-electron chi connectivity index (χ4n) is 3.85. The van der Waals surface area contributed by atoms with Gasteiger partial charge < -0.3 is 15.4 Å². The molecule has 3 heterocycles. The second-order valence-electron chi connectivity index (χ2n) is 8.92. The van der Waals surface area contributed by atoms with Crippen molar-refractivity contribution >= 4 is 56.2 Å². The smallest absolute Gasteiger partial charge is 0.161 e. The number of aromatic nitrogens is 2. The number of ether oxygens (including phenoxy) is 1. The van der Waals surface area contributed by atoms with Crippen molar-refractivity contribution in [2.24, 2.45) is 4.36 Å². The highest BCUT2D eigenvalue weighted by molar-refractivity contribution is 7.93. The molecule has 200 valence electrons. The molecule has 1 aliphatic rings. The summed E-state index contributed by atoms with van der Waals surface area (Å²) in [5.74, 6) is 0.868. The van der Waals surface area contributed by atoms with E-state index >= 15 is 4.39 Å². The quantitative estimate of drug-likeness (QED) is 0.266. The van der Waals surface area contributed by atoms with Crippen LogP contribution in [0.3, 0.4) is 0 Å². The molecule has 0 saturated carbocycles. The normalized spacial score (nSPS) is 16.6. The number of pyridine rings is 2. The van der Waals surface area contributed by atoms with Crippen molar-refractivity contribution in [2.45, 2.75) is 13.0 Å². The highest BCUT2D eigenvalue weighted by Gasteiger charge is 2.19. The van der Waals surface area contributed by atoms with Gasteiger partial charge in [0.15, 0.2) is 5.82 Å². The molecule has 1 fully saturated rings. The molecule has 38 heavy (non-hydrogen) atoms. The summed E-state index contributed by atoms with van der Waals surface area (Å²) >= 11 is 12.4. The van der Waals surface area contributed by atoms with Crippen LogP contribution in [0, 0.1) is 5.41 Å². The highest BCUT2D eigenvalue weighted by atomic mass is 35.5. The van der Waals surface area contributed by atoms with E-state index in [0.29, 0.717) is 44.2 Å². The lowest BCUT2D eigenvalue weighted by atomic mass is 10.0. The molecule has 0 radical (unpaired) electrons. The Balaban J connectivity index is 1.50. The zero-order valence-corrected chi connectivity index (χ0v) is 23.2. The van der Waals surface area contributed by atoms with Crippen LogP contribution in [-0.4, -0.2) is 56.4 Å². The van der Waals surface area contributed by atoms with Crippen molar-refractivity contribution in [3.63, 3.8) is 0 Å². The van der Waals surface area contributed by atoms with Crippen molar-refractivity contribution in [3.8, 4) is 5.75 Å². The van der Waals surface area contributed by atoms with Gasteiger partial charge in [-0.1, -0.05) is 23.2 Å². The molecule has 3 N–H and O–H groups in total. The SMILES string of the molecule is CC(Oc1ccc(N)c(C(=N)/C(F)=C/c2ccc(N=S3(=O)CCN(C)CC3)nc2)c1)c1c(Cl)cncc1Cl. The third-order valence-electron chi connectivity index (χ3n) is 6.05. The lowest BCUT2D eigenvalue weighted by Gasteiger charge is -2.24. The predicted molar refractivity (Wildman–Crippen MR) is 152 cm³/mol. The van der Waals surface area contributed by atoms with E-state index in [4.69, 9.17) is 39.1 Å². The van der Waals surface area contributed by atoms with E-state index in [1.165, 1.54) is 36.8 Å². The van der Waals surface area contributed by atoms with Gasteiger partial charge in [0.2, 0.25) is 0 Å². The maximum absolute atomic E-state index is 15.1. The van der Waals surface area contributed by atoms with Gasteiger partial charge in [0.05, 0.1) is 25.5 Å². The maximum Gasteiger partial charge on any atom is 0.161 e. The lowest BCUT2D eigenvalue weighted by molar-refractivity contribution is 0.227. The molecule has 2 aromatic heterocycles. The number of anilines is 1. The van der Waals surface area contributed by atoms with Gasteiger partial charge in [-0.25, -0.2) is 13.6 Å². The van der Waals surface area contributed by atoms with E-state index in [1.807, 2.05) is 7.05 Å². The first-order valence-electron chi connectivity index (χ1n) is 11.7. The number of benzene rings is 1. The third kappa shape index (κ3) is 6.68. The van der Waals surface area contributed by atoms with Gasteiger partial charge >= 0.3 is 0 Å². The van der Waals surface area contributed by atoms with Crippen molar-refractivity contribution in [1.82, 2.24) is 14.9 Å². The molecule has 12 heteroatoms. The van der Waals surface area contributed by atoms with Gasteiger partial charge in [-0.3, -0.25) is 10.4 Å². The monoisotopic (exact) mass is 576 g/mol. The fourth-order valence-corrected chi connectivity index (χ4v) is 6.56. The molecule has 3 aromatic rings. The van der Waals surface area contributed by atoms with E-state index in [9.17, 15) is 4.21 Å². The average molecular weight is 578 g/mol. The molecule has 0 amide bonds. The van der Waals surface area contributed by atoms with Crippen LogP contribution in [0.25, 0.3) is 6.08 Å². The predicted octanol–water partition coefficient (Wildman–Crippen LogP) is 5.93. The number of nitrogens with one attached hydrogen (secondary N) is 1. The van der Waals surface area contributed by atoms with Gasteiger partial charge in [-0.2, -0.15) is 4.36 Å².